The molecule has 0 aromatic heterocycles. The van der Waals surface area contributed by atoms with E-state index in [0.29, 0.717) is 16.9 Å². The Morgan fingerprint density at radius 3 is 2.07 bits per heavy atom. The third-order valence-corrected chi connectivity index (χ3v) is 4.26. The number of carbonyl (C=O) groups is 1. The molecule has 27 heavy (non-hydrogen) atoms. The van der Waals surface area contributed by atoms with E-state index in [4.69, 9.17) is 0 Å². The van der Waals surface area contributed by atoms with E-state index in [1.54, 1.807) is 17.0 Å². The van der Waals surface area contributed by atoms with Crippen LogP contribution < -0.4 is 4.90 Å². The number of rotatable bonds is 2. The molecule has 0 unspecified atom stereocenters. The summed E-state index contributed by atoms with van der Waals surface area (Å²) in [7, 11) is 0. The number of hydrogen-bond acceptors (Lipinski definition) is 2. The van der Waals surface area contributed by atoms with Gasteiger partial charge in [-0.25, -0.2) is 4.99 Å². The SMILES string of the molecule is O=C1C(=Nc2ccc(C(F)(F)F)cc2)c2ccccc2N1c1ccccc1. The first-order valence-corrected chi connectivity index (χ1v) is 8.20. The monoisotopic (exact) mass is 366 g/mol. The number of hydrogen-bond donors (Lipinski definition) is 0. The molecule has 0 saturated heterocycles. The highest BCUT2D eigenvalue weighted by Gasteiger charge is 2.35. The lowest BCUT2D eigenvalue weighted by Gasteiger charge is -2.16. The highest BCUT2D eigenvalue weighted by atomic mass is 19.4. The van der Waals surface area contributed by atoms with E-state index in [1.165, 1.54) is 12.1 Å². The number of nitrogens with zero attached hydrogens (tertiary/aromatic N) is 2. The fourth-order valence-electron chi connectivity index (χ4n) is 2.99. The van der Waals surface area contributed by atoms with Gasteiger partial charge in [0.1, 0.15) is 5.71 Å². The van der Waals surface area contributed by atoms with Crippen molar-refractivity contribution in [3.8, 4) is 0 Å². The summed E-state index contributed by atoms with van der Waals surface area (Å²) < 4.78 is 38.2. The zero-order chi connectivity index (χ0) is 19.0. The van der Waals surface area contributed by atoms with Gasteiger partial charge >= 0.3 is 6.18 Å². The normalized spacial score (nSPS) is 15.3. The fraction of sp³-hybridized carbons (Fsp3) is 0.0476. The van der Waals surface area contributed by atoms with Crippen LogP contribution in [0.3, 0.4) is 0 Å². The summed E-state index contributed by atoms with van der Waals surface area (Å²) in [6.45, 7) is 0. The van der Waals surface area contributed by atoms with Gasteiger partial charge in [0.05, 0.1) is 16.9 Å². The van der Waals surface area contributed by atoms with Crippen LogP contribution in [-0.4, -0.2) is 11.6 Å². The summed E-state index contributed by atoms with van der Waals surface area (Å²) >= 11 is 0. The number of benzene rings is 3. The first-order chi connectivity index (χ1) is 12.9. The van der Waals surface area contributed by atoms with Crippen molar-refractivity contribution < 1.29 is 18.0 Å². The first kappa shape index (κ1) is 17.0. The van der Waals surface area contributed by atoms with Gasteiger partial charge in [0, 0.05) is 11.3 Å². The number of carbonyl (C=O) groups excluding carboxylic acids is 1. The van der Waals surface area contributed by atoms with Crippen LogP contribution in [0, 0.1) is 0 Å². The predicted molar refractivity (Wildman–Crippen MR) is 97.7 cm³/mol. The quantitative estimate of drug-likeness (QED) is 0.589. The highest BCUT2D eigenvalue weighted by Crippen LogP contribution is 2.37. The first-order valence-electron chi connectivity index (χ1n) is 8.20. The molecule has 3 aromatic rings. The predicted octanol–water partition coefficient (Wildman–Crippen LogP) is 5.50. The van der Waals surface area contributed by atoms with E-state index >= 15 is 0 Å². The second-order valence-electron chi connectivity index (χ2n) is 6.00. The lowest BCUT2D eigenvalue weighted by atomic mass is 10.1. The minimum Gasteiger partial charge on any atom is -0.275 e. The maximum atomic E-state index is 13.0. The molecule has 0 atom stereocenters. The van der Waals surface area contributed by atoms with Crippen molar-refractivity contribution in [1.82, 2.24) is 0 Å². The Morgan fingerprint density at radius 1 is 0.778 bits per heavy atom. The molecule has 0 spiro atoms. The van der Waals surface area contributed by atoms with Crippen LogP contribution in [0.2, 0.25) is 0 Å². The fourth-order valence-corrected chi connectivity index (χ4v) is 2.99. The molecule has 0 aliphatic carbocycles. The Balaban J connectivity index is 1.77. The smallest absolute Gasteiger partial charge is 0.275 e. The Morgan fingerprint density at radius 2 is 1.41 bits per heavy atom. The summed E-state index contributed by atoms with van der Waals surface area (Å²) in [5.41, 5.74) is 1.78. The van der Waals surface area contributed by atoms with Gasteiger partial charge in [0.2, 0.25) is 0 Å². The third kappa shape index (κ3) is 3.10. The molecule has 1 aliphatic heterocycles. The molecule has 0 bridgehead atoms. The van der Waals surface area contributed by atoms with Crippen molar-refractivity contribution in [2.75, 3.05) is 4.90 Å². The van der Waals surface area contributed by atoms with Crippen LogP contribution in [-0.2, 0) is 11.0 Å². The van der Waals surface area contributed by atoms with Crippen molar-refractivity contribution in [3.63, 3.8) is 0 Å². The maximum absolute atomic E-state index is 13.0. The molecule has 1 heterocycles. The van der Waals surface area contributed by atoms with Gasteiger partial charge in [-0.3, -0.25) is 9.69 Å². The van der Waals surface area contributed by atoms with Crippen molar-refractivity contribution in [1.29, 1.82) is 0 Å². The van der Waals surface area contributed by atoms with Crippen LogP contribution in [0.25, 0.3) is 0 Å². The van der Waals surface area contributed by atoms with Gasteiger partial charge in [-0.15, -0.1) is 0 Å². The molecule has 4 rings (SSSR count). The number of para-hydroxylation sites is 2. The largest absolute Gasteiger partial charge is 0.416 e. The topological polar surface area (TPSA) is 32.7 Å². The average Bonchev–Trinajstić information content (AvgIpc) is 2.94. The van der Waals surface area contributed by atoms with Crippen molar-refractivity contribution in [2.45, 2.75) is 6.18 Å². The van der Waals surface area contributed by atoms with E-state index in [1.807, 2.05) is 42.5 Å². The van der Waals surface area contributed by atoms with Gasteiger partial charge in [0.25, 0.3) is 5.91 Å². The molecule has 0 fully saturated rings. The summed E-state index contributed by atoms with van der Waals surface area (Å²) in [5.74, 6) is -0.317. The van der Waals surface area contributed by atoms with Crippen LogP contribution in [0.4, 0.5) is 30.2 Å². The van der Waals surface area contributed by atoms with E-state index in [2.05, 4.69) is 4.99 Å². The number of anilines is 2. The molecule has 6 heteroatoms. The standard InChI is InChI=1S/C21H13F3N2O/c22-21(23,24)14-10-12-15(13-11-14)25-19-17-8-4-5-9-18(17)26(20(19)27)16-6-2-1-3-7-16/h1-13H. The van der Waals surface area contributed by atoms with E-state index < -0.39 is 11.7 Å². The van der Waals surface area contributed by atoms with Crippen molar-refractivity contribution >= 4 is 28.7 Å². The molecule has 3 nitrogen and oxygen atoms in total. The number of aliphatic imine (C=N–C) groups is 1. The molecular weight excluding hydrogens is 353 g/mol. The Labute approximate surface area is 153 Å². The molecule has 0 radical (unpaired) electrons. The number of fused-ring (bicyclic) bond motifs is 1. The van der Waals surface area contributed by atoms with Gasteiger partial charge < -0.3 is 0 Å². The van der Waals surface area contributed by atoms with Crippen LogP contribution >= 0.6 is 0 Å². The third-order valence-electron chi connectivity index (χ3n) is 4.26. The molecule has 3 aromatic carbocycles. The summed E-state index contributed by atoms with van der Waals surface area (Å²) in [5, 5.41) is 0. The summed E-state index contributed by atoms with van der Waals surface area (Å²) in [4.78, 5) is 18.9. The molecular formula is C21H13F3N2O. The molecule has 1 aliphatic rings. The van der Waals surface area contributed by atoms with Gasteiger partial charge in [-0.1, -0.05) is 36.4 Å². The summed E-state index contributed by atoms with van der Waals surface area (Å²) in [6.07, 6.45) is -4.41. The highest BCUT2D eigenvalue weighted by molar-refractivity contribution is 6.56. The average molecular weight is 366 g/mol. The molecule has 0 N–H and O–H groups in total. The molecule has 134 valence electrons. The lowest BCUT2D eigenvalue weighted by molar-refractivity contribution is -0.137. The Kier molecular flexibility index (Phi) is 4.03. The van der Waals surface area contributed by atoms with Crippen LogP contribution in [0.5, 0.6) is 0 Å². The lowest BCUT2D eigenvalue weighted by Crippen LogP contribution is -2.25. The molecule has 1 amide bonds. The van der Waals surface area contributed by atoms with Crippen LogP contribution in [0.1, 0.15) is 11.1 Å². The zero-order valence-electron chi connectivity index (χ0n) is 13.9. The van der Waals surface area contributed by atoms with E-state index in [9.17, 15) is 18.0 Å². The molecule has 0 saturated carbocycles. The summed E-state index contributed by atoms with van der Waals surface area (Å²) in [6, 6.07) is 20.8. The number of amides is 1. The number of halogens is 3. The van der Waals surface area contributed by atoms with Crippen LogP contribution in [0.15, 0.2) is 83.9 Å². The van der Waals surface area contributed by atoms with E-state index in [-0.39, 0.29) is 17.3 Å². The van der Waals surface area contributed by atoms with Gasteiger partial charge in [-0.05, 0) is 42.5 Å². The Hall–Kier alpha value is -3.41. The minimum absolute atomic E-state index is 0.203. The zero-order valence-corrected chi connectivity index (χ0v) is 13.9. The van der Waals surface area contributed by atoms with Crippen molar-refractivity contribution in [2.24, 2.45) is 4.99 Å². The van der Waals surface area contributed by atoms with Gasteiger partial charge in [-0.2, -0.15) is 13.2 Å². The number of alkyl halides is 3. The van der Waals surface area contributed by atoms with Crippen molar-refractivity contribution in [3.05, 3.63) is 90.0 Å². The second-order valence-corrected chi connectivity index (χ2v) is 6.00. The van der Waals surface area contributed by atoms with E-state index in [0.717, 1.165) is 12.1 Å². The Bertz CT molecular complexity index is 1030. The van der Waals surface area contributed by atoms with Gasteiger partial charge in [0.15, 0.2) is 0 Å². The minimum atomic E-state index is -4.41. The maximum Gasteiger partial charge on any atom is 0.416 e. The second kappa shape index (κ2) is 6.39.